The Morgan fingerprint density at radius 3 is 2.55 bits per heavy atom. The number of nitrogens with zero attached hydrogens (tertiary/aromatic N) is 2. The Hall–Kier alpha value is -3.93. The lowest BCUT2D eigenvalue weighted by Crippen LogP contribution is -2.13. The quantitative estimate of drug-likeness (QED) is 0.502. The third kappa shape index (κ3) is 4.16. The number of amides is 1. The summed E-state index contributed by atoms with van der Waals surface area (Å²) < 4.78 is 10.9. The van der Waals surface area contributed by atoms with Crippen molar-refractivity contribution >= 4 is 11.6 Å². The summed E-state index contributed by atoms with van der Waals surface area (Å²) in [5, 5.41) is 6.94. The van der Waals surface area contributed by atoms with Gasteiger partial charge in [-0.3, -0.25) is 4.79 Å². The molecule has 1 aromatic heterocycles. The Balaban J connectivity index is 1.56. The van der Waals surface area contributed by atoms with Gasteiger partial charge in [0.25, 0.3) is 11.8 Å². The molecule has 0 aliphatic carbocycles. The maximum Gasteiger partial charge on any atom is 0.259 e. The summed E-state index contributed by atoms with van der Waals surface area (Å²) in [7, 11) is 0. The van der Waals surface area contributed by atoms with Gasteiger partial charge >= 0.3 is 0 Å². The molecular formula is C23H19N3O3. The number of rotatable bonds is 6. The third-order valence-electron chi connectivity index (χ3n) is 4.26. The van der Waals surface area contributed by atoms with Crippen LogP contribution in [0.1, 0.15) is 17.3 Å². The molecule has 1 N–H and O–H groups in total. The van der Waals surface area contributed by atoms with E-state index in [0.29, 0.717) is 35.3 Å². The number of ether oxygens (including phenoxy) is 1. The largest absolute Gasteiger partial charge is 0.493 e. The second-order valence-corrected chi connectivity index (χ2v) is 6.25. The first-order valence-corrected chi connectivity index (χ1v) is 9.27. The fraction of sp³-hybridized carbons (Fsp3) is 0.0870. The van der Waals surface area contributed by atoms with Crippen molar-refractivity contribution in [1.82, 2.24) is 10.1 Å². The minimum atomic E-state index is -0.248. The summed E-state index contributed by atoms with van der Waals surface area (Å²) in [4.78, 5) is 17.2. The molecule has 6 nitrogen and oxygen atoms in total. The molecule has 6 heteroatoms. The molecule has 1 heterocycles. The number of benzene rings is 3. The standard InChI is InChI=1S/C23H19N3O3/c1-2-28-20-14-7-6-13-19(20)22(27)24-18-12-8-11-17(15-18)23-25-21(26-29-23)16-9-4-3-5-10-16/h3-15H,2H2,1H3,(H,24,27). The molecule has 0 fully saturated rings. The molecule has 0 spiro atoms. The first-order chi connectivity index (χ1) is 14.2. The first-order valence-electron chi connectivity index (χ1n) is 9.27. The van der Waals surface area contributed by atoms with Gasteiger partial charge in [-0.25, -0.2) is 0 Å². The minimum absolute atomic E-state index is 0.248. The van der Waals surface area contributed by atoms with Crippen LogP contribution in [0, 0.1) is 0 Å². The predicted octanol–water partition coefficient (Wildman–Crippen LogP) is 5.05. The van der Waals surface area contributed by atoms with Gasteiger partial charge in [-0.05, 0) is 37.3 Å². The Labute approximate surface area is 168 Å². The van der Waals surface area contributed by atoms with Crippen LogP contribution < -0.4 is 10.1 Å². The van der Waals surface area contributed by atoms with Crippen molar-refractivity contribution in [2.45, 2.75) is 6.92 Å². The van der Waals surface area contributed by atoms with Crippen LogP contribution in [0.25, 0.3) is 22.8 Å². The highest BCUT2D eigenvalue weighted by Crippen LogP contribution is 2.25. The molecule has 0 aliphatic heterocycles. The zero-order chi connectivity index (χ0) is 20.1. The van der Waals surface area contributed by atoms with E-state index in [1.165, 1.54) is 0 Å². The van der Waals surface area contributed by atoms with Crippen LogP contribution in [0.15, 0.2) is 83.4 Å². The van der Waals surface area contributed by atoms with E-state index in [0.717, 1.165) is 11.1 Å². The Bertz CT molecular complexity index is 1120. The lowest BCUT2D eigenvalue weighted by atomic mass is 10.1. The van der Waals surface area contributed by atoms with Crippen LogP contribution in [0.3, 0.4) is 0 Å². The van der Waals surface area contributed by atoms with Gasteiger partial charge in [0.15, 0.2) is 0 Å². The number of carbonyl (C=O) groups is 1. The van der Waals surface area contributed by atoms with E-state index in [-0.39, 0.29) is 5.91 Å². The summed E-state index contributed by atoms with van der Waals surface area (Å²) >= 11 is 0. The van der Waals surface area contributed by atoms with E-state index in [1.54, 1.807) is 30.3 Å². The monoisotopic (exact) mass is 385 g/mol. The maximum absolute atomic E-state index is 12.7. The molecular weight excluding hydrogens is 366 g/mol. The summed E-state index contributed by atoms with van der Waals surface area (Å²) in [6, 6.07) is 24.0. The molecule has 4 aromatic rings. The molecule has 144 valence electrons. The highest BCUT2D eigenvalue weighted by atomic mass is 16.5. The van der Waals surface area contributed by atoms with Gasteiger partial charge in [0.1, 0.15) is 5.75 Å². The highest BCUT2D eigenvalue weighted by Gasteiger charge is 2.14. The van der Waals surface area contributed by atoms with Gasteiger partial charge in [-0.15, -0.1) is 0 Å². The molecule has 0 radical (unpaired) electrons. The molecule has 4 rings (SSSR count). The van der Waals surface area contributed by atoms with Gasteiger partial charge in [0.05, 0.1) is 12.2 Å². The van der Waals surface area contributed by atoms with Crippen LogP contribution in [-0.2, 0) is 0 Å². The van der Waals surface area contributed by atoms with Crippen LogP contribution in [0.5, 0.6) is 5.75 Å². The molecule has 0 bridgehead atoms. The summed E-state index contributed by atoms with van der Waals surface area (Å²) in [5.41, 5.74) is 2.69. The van der Waals surface area contributed by atoms with Crippen molar-refractivity contribution < 1.29 is 14.1 Å². The van der Waals surface area contributed by atoms with E-state index >= 15 is 0 Å². The fourth-order valence-electron chi connectivity index (χ4n) is 2.91. The minimum Gasteiger partial charge on any atom is -0.493 e. The van der Waals surface area contributed by atoms with Gasteiger partial charge in [-0.1, -0.05) is 53.7 Å². The Morgan fingerprint density at radius 2 is 1.72 bits per heavy atom. The third-order valence-corrected chi connectivity index (χ3v) is 4.26. The molecule has 3 aromatic carbocycles. The molecule has 1 amide bonds. The molecule has 29 heavy (non-hydrogen) atoms. The van der Waals surface area contributed by atoms with Crippen LogP contribution in [-0.4, -0.2) is 22.7 Å². The highest BCUT2D eigenvalue weighted by molar-refractivity contribution is 6.06. The lowest BCUT2D eigenvalue weighted by molar-refractivity contribution is 0.102. The van der Waals surface area contributed by atoms with E-state index in [2.05, 4.69) is 15.5 Å². The Morgan fingerprint density at radius 1 is 0.966 bits per heavy atom. The fourth-order valence-corrected chi connectivity index (χ4v) is 2.91. The van der Waals surface area contributed by atoms with E-state index in [1.807, 2.05) is 55.5 Å². The van der Waals surface area contributed by atoms with Crippen molar-refractivity contribution in [3.8, 4) is 28.6 Å². The van der Waals surface area contributed by atoms with E-state index in [9.17, 15) is 4.79 Å². The number of anilines is 1. The van der Waals surface area contributed by atoms with Gasteiger partial charge in [0.2, 0.25) is 5.82 Å². The number of aromatic nitrogens is 2. The molecule has 0 saturated heterocycles. The molecule has 0 unspecified atom stereocenters. The van der Waals surface area contributed by atoms with Crippen LogP contribution in [0.2, 0.25) is 0 Å². The van der Waals surface area contributed by atoms with E-state index in [4.69, 9.17) is 9.26 Å². The smallest absolute Gasteiger partial charge is 0.259 e. The average molecular weight is 385 g/mol. The predicted molar refractivity (Wildman–Crippen MR) is 111 cm³/mol. The summed E-state index contributed by atoms with van der Waals surface area (Å²) in [6.45, 7) is 2.37. The van der Waals surface area contributed by atoms with Crippen LogP contribution >= 0.6 is 0 Å². The number of nitrogens with one attached hydrogen (secondary N) is 1. The number of hydrogen-bond acceptors (Lipinski definition) is 5. The van der Waals surface area contributed by atoms with E-state index < -0.39 is 0 Å². The zero-order valence-corrected chi connectivity index (χ0v) is 15.8. The van der Waals surface area contributed by atoms with Crippen molar-refractivity contribution in [2.75, 3.05) is 11.9 Å². The van der Waals surface area contributed by atoms with Gasteiger partial charge < -0.3 is 14.6 Å². The first kappa shape index (κ1) is 18.4. The summed E-state index contributed by atoms with van der Waals surface area (Å²) in [5.74, 6) is 1.20. The van der Waals surface area contributed by atoms with Crippen molar-refractivity contribution in [2.24, 2.45) is 0 Å². The number of carbonyl (C=O) groups excluding carboxylic acids is 1. The zero-order valence-electron chi connectivity index (χ0n) is 15.8. The topological polar surface area (TPSA) is 77.2 Å². The van der Waals surface area contributed by atoms with Crippen LogP contribution in [0.4, 0.5) is 5.69 Å². The maximum atomic E-state index is 12.7. The molecule has 0 atom stereocenters. The second-order valence-electron chi connectivity index (χ2n) is 6.25. The van der Waals surface area contributed by atoms with Crippen molar-refractivity contribution in [1.29, 1.82) is 0 Å². The van der Waals surface area contributed by atoms with Gasteiger partial charge in [-0.2, -0.15) is 4.98 Å². The Kier molecular flexibility index (Phi) is 5.33. The number of hydrogen-bond donors (Lipinski definition) is 1. The van der Waals surface area contributed by atoms with Crippen molar-refractivity contribution in [3.05, 3.63) is 84.4 Å². The summed E-state index contributed by atoms with van der Waals surface area (Å²) in [6.07, 6.45) is 0. The van der Waals surface area contributed by atoms with Crippen molar-refractivity contribution in [3.63, 3.8) is 0 Å². The SMILES string of the molecule is CCOc1ccccc1C(=O)Nc1cccc(-c2nc(-c3ccccc3)no2)c1. The second kappa shape index (κ2) is 8.39. The normalized spacial score (nSPS) is 10.5. The average Bonchev–Trinajstić information content (AvgIpc) is 3.26. The van der Waals surface area contributed by atoms with Gasteiger partial charge in [0, 0.05) is 16.8 Å². The molecule has 0 saturated carbocycles. The molecule has 0 aliphatic rings. The lowest BCUT2D eigenvalue weighted by Gasteiger charge is -2.10. The number of para-hydroxylation sites is 1.